The third-order valence-corrected chi connectivity index (χ3v) is 4.88. The maximum Gasteiger partial charge on any atom is 0.260 e. The topological polar surface area (TPSA) is 51.0 Å². The Hall–Kier alpha value is -2.31. The van der Waals surface area contributed by atoms with Crippen LogP contribution in [-0.2, 0) is 0 Å². The molecule has 0 radical (unpaired) electrons. The highest BCUT2D eigenvalue weighted by atomic mass is 19.1. The number of fused-ring (bicyclic) bond motifs is 2. The van der Waals surface area contributed by atoms with Gasteiger partial charge in [0.2, 0.25) is 0 Å². The van der Waals surface area contributed by atoms with Crippen LogP contribution in [0.4, 0.5) is 8.78 Å². The van der Waals surface area contributed by atoms with Crippen molar-refractivity contribution in [3.63, 3.8) is 0 Å². The van der Waals surface area contributed by atoms with E-state index in [0.717, 1.165) is 25.0 Å². The van der Waals surface area contributed by atoms with Crippen LogP contribution < -0.4 is 0 Å². The predicted octanol–water partition coefficient (Wildman–Crippen LogP) is 2.56. The molecule has 0 saturated carbocycles. The molecule has 2 aliphatic heterocycles. The molecule has 2 aliphatic rings. The summed E-state index contributed by atoms with van der Waals surface area (Å²) >= 11 is 0. The number of hydrogen-bond acceptors (Lipinski definition) is 3. The minimum absolute atomic E-state index is 0.0174. The smallest absolute Gasteiger partial charge is 0.260 e. The van der Waals surface area contributed by atoms with Crippen molar-refractivity contribution in [1.29, 1.82) is 0 Å². The van der Waals surface area contributed by atoms with Crippen LogP contribution in [0, 0.1) is 11.6 Å². The van der Waals surface area contributed by atoms with Gasteiger partial charge in [-0.3, -0.25) is 4.79 Å². The van der Waals surface area contributed by atoms with Gasteiger partial charge in [-0.1, -0.05) is 6.07 Å². The minimum Gasteiger partial charge on any atom is -0.332 e. The van der Waals surface area contributed by atoms with Crippen LogP contribution in [0.15, 0.2) is 30.6 Å². The highest BCUT2D eigenvalue weighted by Crippen LogP contribution is 2.41. The normalized spacial score (nSPS) is 26.5. The molecule has 2 saturated heterocycles. The van der Waals surface area contributed by atoms with Gasteiger partial charge >= 0.3 is 0 Å². The number of hydrogen-bond donors (Lipinski definition) is 0. The zero-order valence-corrected chi connectivity index (χ0v) is 12.4. The molecule has 2 fully saturated rings. The van der Waals surface area contributed by atoms with Gasteiger partial charge in [-0.2, -0.15) is 15.0 Å². The third kappa shape index (κ3) is 2.31. The summed E-state index contributed by atoms with van der Waals surface area (Å²) in [4.78, 5) is 16.0. The molecular formula is C16H16F2N4O. The van der Waals surface area contributed by atoms with Crippen molar-refractivity contribution in [1.82, 2.24) is 19.9 Å². The molecule has 1 amide bonds. The van der Waals surface area contributed by atoms with Gasteiger partial charge in [0.15, 0.2) is 0 Å². The highest BCUT2D eigenvalue weighted by Gasteiger charge is 2.45. The van der Waals surface area contributed by atoms with Gasteiger partial charge in [0, 0.05) is 12.1 Å². The van der Waals surface area contributed by atoms with Crippen LogP contribution in [0.3, 0.4) is 0 Å². The summed E-state index contributed by atoms with van der Waals surface area (Å²) in [6, 6.07) is 3.62. The number of halogens is 2. The summed E-state index contributed by atoms with van der Waals surface area (Å²) in [6.45, 7) is 0. The van der Waals surface area contributed by atoms with Crippen LogP contribution in [0.2, 0.25) is 0 Å². The third-order valence-electron chi connectivity index (χ3n) is 4.88. The maximum atomic E-state index is 13.9. The van der Waals surface area contributed by atoms with E-state index in [1.165, 1.54) is 6.07 Å². The second kappa shape index (κ2) is 5.40. The number of nitrogens with zero attached hydrogens (tertiary/aromatic N) is 4. The molecule has 2 unspecified atom stereocenters. The van der Waals surface area contributed by atoms with Gasteiger partial charge in [0.1, 0.15) is 17.2 Å². The SMILES string of the molecule is O=C(c1c(F)cccc1F)N1C2CCC1CC(n1nccn1)C2. The maximum absolute atomic E-state index is 13.9. The molecule has 4 rings (SSSR count). The predicted molar refractivity (Wildman–Crippen MR) is 77.6 cm³/mol. The molecule has 5 nitrogen and oxygen atoms in total. The van der Waals surface area contributed by atoms with Gasteiger partial charge in [-0.15, -0.1) is 0 Å². The van der Waals surface area contributed by atoms with E-state index < -0.39 is 23.1 Å². The first-order chi connectivity index (χ1) is 11.1. The number of aromatic nitrogens is 3. The Kier molecular flexibility index (Phi) is 3.36. The Labute approximate surface area is 131 Å². The van der Waals surface area contributed by atoms with Gasteiger partial charge in [-0.25, -0.2) is 8.78 Å². The lowest BCUT2D eigenvalue weighted by Gasteiger charge is -2.38. The molecule has 0 spiro atoms. The number of rotatable bonds is 2. The van der Waals surface area contributed by atoms with E-state index in [-0.39, 0.29) is 18.1 Å². The monoisotopic (exact) mass is 318 g/mol. The van der Waals surface area contributed by atoms with Crippen LogP contribution in [-0.4, -0.2) is 37.9 Å². The molecule has 1 aromatic heterocycles. The summed E-state index contributed by atoms with van der Waals surface area (Å²) in [5.74, 6) is -2.14. The van der Waals surface area contributed by atoms with Crippen molar-refractivity contribution in [2.45, 2.75) is 43.8 Å². The van der Waals surface area contributed by atoms with Gasteiger partial charge in [0.25, 0.3) is 5.91 Å². The number of carbonyl (C=O) groups excluding carboxylic acids is 1. The zero-order valence-electron chi connectivity index (χ0n) is 12.4. The number of carbonyl (C=O) groups is 1. The van der Waals surface area contributed by atoms with E-state index in [1.807, 2.05) is 0 Å². The second-order valence-electron chi connectivity index (χ2n) is 6.17. The molecule has 1 aromatic carbocycles. The number of piperidine rings is 1. The van der Waals surface area contributed by atoms with E-state index in [4.69, 9.17) is 0 Å². The van der Waals surface area contributed by atoms with E-state index in [2.05, 4.69) is 10.2 Å². The Morgan fingerprint density at radius 1 is 1.00 bits per heavy atom. The Balaban J connectivity index is 1.61. The summed E-state index contributed by atoms with van der Waals surface area (Å²) in [7, 11) is 0. The van der Waals surface area contributed by atoms with Crippen molar-refractivity contribution >= 4 is 5.91 Å². The molecule has 2 atom stereocenters. The zero-order chi connectivity index (χ0) is 16.0. The fourth-order valence-electron chi connectivity index (χ4n) is 3.91. The van der Waals surface area contributed by atoms with Crippen LogP contribution in [0.1, 0.15) is 42.1 Å². The van der Waals surface area contributed by atoms with E-state index in [9.17, 15) is 13.6 Å². The molecule has 23 heavy (non-hydrogen) atoms. The highest BCUT2D eigenvalue weighted by molar-refractivity contribution is 5.95. The summed E-state index contributed by atoms with van der Waals surface area (Å²) in [6.07, 6.45) is 6.40. The van der Waals surface area contributed by atoms with Crippen molar-refractivity contribution in [3.05, 3.63) is 47.8 Å². The molecule has 7 heteroatoms. The summed E-state index contributed by atoms with van der Waals surface area (Å²) < 4.78 is 27.8. The summed E-state index contributed by atoms with van der Waals surface area (Å²) in [5, 5.41) is 8.35. The Bertz CT molecular complexity index is 699. The van der Waals surface area contributed by atoms with E-state index >= 15 is 0 Å². The molecule has 0 N–H and O–H groups in total. The van der Waals surface area contributed by atoms with E-state index in [0.29, 0.717) is 12.8 Å². The van der Waals surface area contributed by atoms with Gasteiger partial charge < -0.3 is 4.90 Å². The Morgan fingerprint density at radius 2 is 1.57 bits per heavy atom. The average Bonchev–Trinajstić information content (AvgIpc) is 3.14. The standard InChI is InChI=1S/C16H16F2N4O/c17-13-2-1-3-14(18)15(13)16(23)21-10-4-5-11(21)9-12(8-10)22-19-6-7-20-22/h1-3,6-7,10-12H,4-5,8-9H2. The second-order valence-corrected chi connectivity index (χ2v) is 6.17. The number of benzene rings is 1. The quantitative estimate of drug-likeness (QED) is 0.855. The summed E-state index contributed by atoms with van der Waals surface area (Å²) in [5.41, 5.74) is -0.444. The largest absolute Gasteiger partial charge is 0.332 e. The molecule has 2 aromatic rings. The molecule has 120 valence electrons. The van der Waals surface area contributed by atoms with Crippen LogP contribution in [0.5, 0.6) is 0 Å². The minimum atomic E-state index is -0.801. The first kappa shape index (κ1) is 14.3. The number of amides is 1. The lowest BCUT2D eigenvalue weighted by molar-refractivity contribution is 0.0502. The van der Waals surface area contributed by atoms with Gasteiger partial charge in [0.05, 0.1) is 18.4 Å². The molecule has 2 bridgehead atoms. The Morgan fingerprint density at radius 3 is 2.13 bits per heavy atom. The van der Waals surface area contributed by atoms with Crippen molar-refractivity contribution in [2.75, 3.05) is 0 Å². The van der Waals surface area contributed by atoms with Crippen LogP contribution >= 0.6 is 0 Å². The molecule has 0 aliphatic carbocycles. The van der Waals surface area contributed by atoms with Gasteiger partial charge in [-0.05, 0) is 37.8 Å². The fraction of sp³-hybridized carbons (Fsp3) is 0.438. The van der Waals surface area contributed by atoms with Crippen molar-refractivity contribution < 1.29 is 13.6 Å². The lowest BCUT2D eigenvalue weighted by atomic mass is 9.96. The van der Waals surface area contributed by atoms with Crippen LogP contribution in [0.25, 0.3) is 0 Å². The molecular weight excluding hydrogens is 302 g/mol. The first-order valence-electron chi connectivity index (χ1n) is 7.77. The fourth-order valence-corrected chi connectivity index (χ4v) is 3.91. The van der Waals surface area contributed by atoms with E-state index in [1.54, 1.807) is 22.1 Å². The lowest BCUT2D eigenvalue weighted by Crippen LogP contribution is -2.47. The first-order valence-corrected chi connectivity index (χ1v) is 7.77. The average molecular weight is 318 g/mol. The molecule has 3 heterocycles. The van der Waals surface area contributed by atoms with Crippen molar-refractivity contribution in [3.8, 4) is 0 Å². The van der Waals surface area contributed by atoms with Crippen molar-refractivity contribution in [2.24, 2.45) is 0 Å².